The molecule has 0 N–H and O–H groups in total. The van der Waals surface area contributed by atoms with Crippen LogP contribution in [0.15, 0.2) is 30.3 Å². The number of rotatable bonds is 9. The van der Waals surface area contributed by atoms with E-state index in [4.69, 9.17) is 9.47 Å². The van der Waals surface area contributed by atoms with Crippen LogP contribution < -0.4 is 4.74 Å². The molecule has 116 valence electrons. The first-order chi connectivity index (χ1) is 10.2. The minimum Gasteiger partial charge on any atom is -0.468 e. The van der Waals surface area contributed by atoms with E-state index in [9.17, 15) is 4.79 Å². The van der Waals surface area contributed by atoms with E-state index in [-0.39, 0.29) is 12.7 Å². The molecule has 21 heavy (non-hydrogen) atoms. The molecule has 1 aromatic carbocycles. The summed E-state index contributed by atoms with van der Waals surface area (Å²) in [4.78, 5) is 13.9. The van der Waals surface area contributed by atoms with Crippen molar-refractivity contribution in [3.05, 3.63) is 35.9 Å². The summed E-state index contributed by atoms with van der Waals surface area (Å²) in [5, 5.41) is 0. The zero-order valence-corrected chi connectivity index (χ0v) is 13.2. The van der Waals surface area contributed by atoms with Crippen LogP contribution in [-0.2, 0) is 9.53 Å². The molecular formula is C17H25NO3. The van der Waals surface area contributed by atoms with Crippen LogP contribution in [0.4, 0.5) is 0 Å². The van der Waals surface area contributed by atoms with Gasteiger partial charge in [-0.25, -0.2) is 0 Å². The van der Waals surface area contributed by atoms with Gasteiger partial charge in [-0.1, -0.05) is 25.5 Å². The van der Waals surface area contributed by atoms with Gasteiger partial charge in [-0.05, 0) is 37.1 Å². The maximum atomic E-state index is 12.1. The van der Waals surface area contributed by atoms with E-state index in [1.807, 2.05) is 42.2 Å². The Morgan fingerprint density at radius 1 is 1.24 bits per heavy atom. The molecule has 0 aliphatic heterocycles. The Kier molecular flexibility index (Phi) is 8.21. The Morgan fingerprint density at radius 2 is 1.95 bits per heavy atom. The van der Waals surface area contributed by atoms with Gasteiger partial charge < -0.3 is 14.4 Å². The zero-order chi connectivity index (χ0) is 15.5. The van der Waals surface area contributed by atoms with Crippen molar-refractivity contribution in [2.45, 2.75) is 26.7 Å². The van der Waals surface area contributed by atoms with E-state index >= 15 is 0 Å². The van der Waals surface area contributed by atoms with Crippen molar-refractivity contribution in [1.82, 2.24) is 4.90 Å². The van der Waals surface area contributed by atoms with E-state index in [1.165, 1.54) is 0 Å². The highest BCUT2D eigenvalue weighted by Gasteiger charge is 2.06. The Morgan fingerprint density at radius 3 is 2.52 bits per heavy atom. The SMILES string of the molecule is CCCCN(CC)C(=O)/C=C/c1ccc(OCOC)cc1. The largest absolute Gasteiger partial charge is 0.468 e. The molecule has 0 saturated carbocycles. The molecule has 0 fully saturated rings. The van der Waals surface area contributed by atoms with Crippen molar-refractivity contribution in [1.29, 1.82) is 0 Å². The van der Waals surface area contributed by atoms with Gasteiger partial charge in [0.15, 0.2) is 6.79 Å². The van der Waals surface area contributed by atoms with Crippen LogP contribution in [-0.4, -0.2) is 37.8 Å². The standard InChI is InChI=1S/C17H25NO3/c1-4-6-13-18(5-2)17(19)12-9-15-7-10-16(11-8-15)21-14-20-3/h7-12H,4-6,13-14H2,1-3H3/b12-9+. The fourth-order valence-corrected chi connectivity index (χ4v) is 1.85. The van der Waals surface area contributed by atoms with Gasteiger partial charge in [0.05, 0.1) is 0 Å². The van der Waals surface area contributed by atoms with Gasteiger partial charge in [-0.15, -0.1) is 0 Å². The number of carbonyl (C=O) groups excluding carboxylic acids is 1. The molecule has 0 saturated heterocycles. The first-order valence-electron chi connectivity index (χ1n) is 7.40. The van der Waals surface area contributed by atoms with Crippen molar-refractivity contribution in [3.8, 4) is 5.75 Å². The van der Waals surface area contributed by atoms with Gasteiger partial charge in [0.25, 0.3) is 0 Å². The lowest BCUT2D eigenvalue weighted by Crippen LogP contribution is -2.30. The number of methoxy groups -OCH3 is 1. The second-order valence-electron chi connectivity index (χ2n) is 4.72. The Hall–Kier alpha value is -1.81. The highest BCUT2D eigenvalue weighted by atomic mass is 16.7. The third-order valence-corrected chi connectivity index (χ3v) is 3.12. The molecule has 1 rings (SSSR count). The summed E-state index contributed by atoms with van der Waals surface area (Å²) in [6, 6.07) is 7.55. The number of unbranched alkanes of at least 4 members (excludes halogenated alkanes) is 1. The van der Waals surface area contributed by atoms with E-state index in [2.05, 4.69) is 6.92 Å². The molecule has 0 bridgehead atoms. The summed E-state index contributed by atoms with van der Waals surface area (Å²) < 4.78 is 10.2. The van der Waals surface area contributed by atoms with Crippen molar-refractivity contribution < 1.29 is 14.3 Å². The van der Waals surface area contributed by atoms with E-state index in [0.29, 0.717) is 0 Å². The lowest BCUT2D eigenvalue weighted by Gasteiger charge is -2.18. The van der Waals surface area contributed by atoms with E-state index in [0.717, 1.165) is 37.2 Å². The Balaban J connectivity index is 2.56. The highest BCUT2D eigenvalue weighted by Crippen LogP contribution is 2.13. The first kappa shape index (κ1) is 17.2. The summed E-state index contributed by atoms with van der Waals surface area (Å²) in [6.45, 7) is 5.92. The van der Waals surface area contributed by atoms with Crippen molar-refractivity contribution in [3.63, 3.8) is 0 Å². The monoisotopic (exact) mass is 291 g/mol. The lowest BCUT2D eigenvalue weighted by molar-refractivity contribution is -0.125. The average molecular weight is 291 g/mol. The van der Waals surface area contributed by atoms with Gasteiger partial charge in [0, 0.05) is 26.3 Å². The van der Waals surface area contributed by atoms with Gasteiger partial charge in [0.1, 0.15) is 5.75 Å². The van der Waals surface area contributed by atoms with Gasteiger partial charge in [0.2, 0.25) is 5.91 Å². The minimum absolute atomic E-state index is 0.0608. The second-order valence-corrected chi connectivity index (χ2v) is 4.72. The first-order valence-corrected chi connectivity index (χ1v) is 7.40. The van der Waals surface area contributed by atoms with E-state index in [1.54, 1.807) is 13.2 Å². The summed E-state index contributed by atoms with van der Waals surface area (Å²) in [5.74, 6) is 0.809. The number of hydrogen-bond donors (Lipinski definition) is 0. The molecule has 0 radical (unpaired) electrons. The highest BCUT2D eigenvalue weighted by molar-refractivity contribution is 5.91. The molecule has 0 aliphatic rings. The third-order valence-electron chi connectivity index (χ3n) is 3.12. The predicted octanol–water partition coefficient (Wildman–Crippen LogP) is 3.33. The summed E-state index contributed by atoms with van der Waals surface area (Å²) in [5.41, 5.74) is 0.972. The Bertz CT molecular complexity index is 440. The van der Waals surface area contributed by atoms with Crippen LogP contribution >= 0.6 is 0 Å². The number of amides is 1. The zero-order valence-electron chi connectivity index (χ0n) is 13.2. The molecule has 0 unspecified atom stereocenters. The number of hydrogen-bond acceptors (Lipinski definition) is 3. The van der Waals surface area contributed by atoms with Crippen molar-refractivity contribution in [2.24, 2.45) is 0 Å². The normalized spacial score (nSPS) is 10.8. The molecule has 1 amide bonds. The smallest absolute Gasteiger partial charge is 0.246 e. The molecular weight excluding hydrogens is 266 g/mol. The molecule has 0 aliphatic carbocycles. The summed E-state index contributed by atoms with van der Waals surface area (Å²) in [7, 11) is 1.58. The molecule has 0 spiro atoms. The molecule has 0 aromatic heterocycles. The molecule has 0 heterocycles. The number of likely N-dealkylation sites (N-methyl/N-ethyl adjacent to an activating group) is 1. The van der Waals surface area contributed by atoms with Gasteiger partial charge in [-0.2, -0.15) is 0 Å². The summed E-state index contributed by atoms with van der Waals surface area (Å²) >= 11 is 0. The number of benzene rings is 1. The van der Waals surface area contributed by atoms with Crippen LogP contribution in [0.2, 0.25) is 0 Å². The van der Waals surface area contributed by atoms with Gasteiger partial charge in [-0.3, -0.25) is 4.79 Å². The Labute approximate surface area is 127 Å². The maximum absolute atomic E-state index is 12.1. The van der Waals surface area contributed by atoms with Crippen molar-refractivity contribution in [2.75, 3.05) is 27.0 Å². The quantitative estimate of drug-likeness (QED) is 0.517. The van der Waals surface area contributed by atoms with Crippen LogP contribution in [0.1, 0.15) is 32.3 Å². The van der Waals surface area contributed by atoms with Gasteiger partial charge >= 0.3 is 0 Å². The minimum atomic E-state index is 0.0608. The number of nitrogens with zero attached hydrogens (tertiary/aromatic N) is 1. The molecule has 4 heteroatoms. The lowest BCUT2D eigenvalue weighted by atomic mass is 10.2. The second kappa shape index (κ2) is 10.00. The average Bonchev–Trinajstić information content (AvgIpc) is 2.52. The number of ether oxygens (including phenoxy) is 2. The fourth-order valence-electron chi connectivity index (χ4n) is 1.85. The van der Waals surface area contributed by atoms with Crippen LogP contribution in [0.25, 0.3) is 6.08 Å². The number of carbonyl (C=O) groups is 1. The molecule has 0 atom stereocenters. The third kappa shape index (κ3) is 6.45. The van der Waals surface area contributed by atoms with Crippen LogP contribution in [0.5, 0.6) is 5.75 Å². The summed E-state index contributed by atoms with van der Waals surface area (Å²) in [6.07, 6.45) is 5.59. The predicted molar refractivity (Wildman–Crippen MR) is 85.1 cm³/mol. The molecule has 4 nitrogen and oxygen atoms in total. The van der Waals surface area contributed by atoms with E-state index < -0.39 is 0 Å². The molecule has 1 aromatic rings. The maximum Gasteiger partial charge on any atom is 0.246 e. The topological polar surface area (TPSA) is 38.8 Å². The van der Waals surface area contributed by atoms with Crippen LogP contribution in [0, 0.1) is 0 Å². The van der Waals surface area contributed by atoms with Crippen molar-refractivity contribution >= 4 is 12.0 Å². The fraction of sp³-hybridized carbons (Fsp3) is 0.471. The van der Waals surface area contributed by atoms with Crippen LogP contribution in [0.3, 0.4) is 0 Å².